The molecule has 64 valence electrons. The Balaban J connectivity index is 0. The van der Waals surface area contributed by atoms with Crippen LogP contribution in [0.3, 0.4) is 0 Å². The molecule has 0 amide bonds. The molecule has 0 saturated heterocycles. The van der Waals surface area contributed by atoms with Crippen molar-refractivity contribution < 1.29 is 24.2 Å². The molecule has 0 aromatic heterocycles. The van der Waals surface area contributed by atoms with Crippen LogP contribution in [0.25, 0.3) is 0 Å². The Hall–Kier alpha value is -1.35. The fourth-order valence-corrected chi connectivity index (χ4v) is 0.255. The number of carbonyl (C=O) groups is 1. The Morgan fingerprint density at radius 2 is 2.00 bits per heavy atom. The monoisotopic (exact) mass is 162 g/mol. The van der Waals surface area contributed by atoms with Crippen molar-refractivity contribution in [2.75, 3.05) is 0 Å². The number of rotatable bonds is 2. The lowest BCUT2D eigenvalue weighted by Crippen LogP contribution is -2.10. The third-order valence-electron chi connectivity index (χ3n) is 0.877. The molecule has 0 aliphatic heterocycles. The minimum Gasteiger partial charge on any atom is -0.450 e. The highest BCUT2D eigenvalue weighted by atomic mass is 16.7. The first-order valence-corrected chi connectivity index (χ1v) is 2.97. The number of hydrogen-bond donors (Lipinski definition) is 1. The molecule has 0 rings (SSSR count). The topological polar surface area (TPSA) is 80.7 Å². The molecular formula is C6H10O5. The summed E-state index contributed by atoms with van der Waals surface area (Å²) in [7, 11) is 0. The molecule has 0 aliphatic carbocycles. The average Bonchev–Trinajstić information content (AvgIpc) is 1.88. The second-order valence-corrected chi connectivity index (χ2v) is 1.69. The Morgan fingerprint density at radius 3 is 2.09 bits per heavy atom. The molecule has 1 atom stereocenters. The molecule has 0 bridgehead atoms. The van der Waals surface area contributed by atoms with Gasteiger partial charge in [0.15, 0.2) is 0 Å². The summed E-state index contributed by atoms with van der Waals surface area (Å²) < 4.78 is 4.32. The van der Waals surface area contributed by atoms with Gasteiger partial charge in [-0.1, -0.05) is 6.92 Å². The van der Waals surface area contributed by atoms with Crippen LogP contribution < -0.4 is 0 Å². The molecule has 0 saturated carbocycles. The van der Waals surface area contributed by atoms with Crippen LogP contribution >= 0.6 is 0 Å². The van der Waals surface area contributed by atoms with Crippen LogP contribution in [-0.2, 0) is 14.3 Å². The molecule has 0 aromatic carbocycles. The highest BCUT2D eigenvalue weighted by Gasteiger charge is 2.01. The molecule has 5 heteroatoms. The Morgan fingerprint density at radius 1 is 1.64 bits per heavy atom. The van der Waals surface area contributed by atoms with Crippen LogP contribution in [-0.4, -0.2) is 23.5 Å². The van der Waals surface area contributed by atoms with Gasteiger partial charge in [-0.3, -0.25) is 0 Å². The van der Waals surface area contributed by atoms with E-state index in [4.69, 9.17) is 14.7 Å². The Kier molecular flexibility index (Phi) is 9.70. The summed E-state index contributed by atoms with van der Waals surface area (Å²) in [4.78, 5) is 26.0. The van der Waals surface area contributed by atoms with Gasteiger partial charge < -0.3 is 9.84 Å². The van der Waals surface area contributed by atoms with Crippen LogP contribution in [0, 0.1) is 0 Å². The summed E-state index contributed by atoms with van der Waals surface area (Å²) in [5, 5.41) is 7.99. The molecule has 0 heterocycles. The van der Waals surface area contributed by atoms with E-state index >= 15 is 0 Å². The van der Waals surface area contributed by atoms with Gasteiger partial charge in [0.2, 0.25) is 0 Å². The molecule has 5 nitrogen and oxygen atoms in total. The lowest BCUT2D eigenvalue weighted by Gasteiger charge is -2.04. The number of carboxylic acid groups (broad SMARTS) is 1. The Labute approximate surface area is 64.0 Å². The molecule has 1 unspecified atom stereocenters. The van der Waals surface area contributed by atoms with E-state index in [2.05, 4.69) is 4.74 Å². The van der Waals surface area contributed by atoms with Crippen molar-refractivity contribution in [1.82, 2.24) is 0 Å². The van der Waals surface area contributed by atoms with Crippen molar-refractivity contribution in [2.45, 2.75) is 26.4 Å². The molecule has 0 fully saturated rings. The maximum Gasteiger partial charge on any atom is 0.506 e. The van der Waals surface area contributed by atoms with E-state index in [0.717, 1.165) is 6.42 Å². The minimum atomic E-state index is -1.20. The summed E-state index contributed by atoms with van der Waals surface area (Å²) in [6, 6.07) is 0. The maximum absolute atomic E-state index is 9.75. The van der Waals surface area contributed by atoms with Gasteiger partial charge in [-0.05, 0) is 13.3 Å². The molecule has 0 aromatic rings. The SMILES string of the molecule is CCC(C)OC(=O)O.O=C=O. The molecular weight excluding hydrogens is 152 g/mol. The van der Waals surface area contributed by atoms with E-state index in [-0.39, 0.29) is 12.3 Å². The van der Waals surface area contributed by atoms with Gasteiger partial charge in [0.25, 0.3) is 0 Å². The van der Waals surface area contributed by atoms with Crippen molar-refractivity contribution in [2.24, 2.45) is 0 Å². The number of ether oxygens (including phenoxy) is 1. The largest absolute Gasteiger partial charge is 0.506 e. The van der Waals surface area contributed by atoms with Crippen molar-refractivity contribution in [3.8, 4) is 0 Å². The third kappa shape index (κ3) is 17.7. The van der Waals surface area contributed by atoms with E-state index in [0.29, 0.717) is 0 Å². The number of hydrogen-bond acceptors (Lipinski definition) is 4. The standard InChI is InChI=1S/C5H10O3.CO2/c1-3-4(2)8-5(6)7;2-1-3/h4H,3H2,1-2H3,(H,6,7);. The molecule has 0 aliphatic rings. The van der Waals surface area contributed by atoms with Gasteiger partial charge in [0.05, 0.1) is 0 Å². The quantitative estimate of drug-likeness (QED) is 0.610. The first-order valence-electron chi connectivity index (χ1n) is 2.97. The summed E-state index contributed by atoms with van der Waals surface area (Å²) in [6.07, 6.45) is -0.390. The molecule has 0 radical (unpaired) electrons. The number of carbonyl (C=O) groups excluding carboxylic acids is 2. The zero-order chi connectivity index (χ0) is 9.28. The van der Waals surface area contributed by atoms with Crippen LogP contribution in [0.1, 0.15) is 20.3 Å². The van der Waals surface area contributed by atoms with Gasteiger partial charge in [0.1, 0.15) is 6.10 Å². The van der Waals surface area contributed by atoms with Crippen molar-refractivity contribution in [3.63, 3.8) is 0 Å². The van der Waals surface area contributed by atoms with Crippen LogP contribution in [0.2, 0.25) is 0 Å². The lowest BCUT2D eigenvalue weighted by atomic mass is 10.3. The molecule has 0 spiro atoms. The smallest absolute Gasteiger partial charge is 0.450 e. The minimum absolute atomic E-state index is 0.174. The zero-order valence-corrected chi connectivity index (χ0v) is 6.36. The van der Waals surface area contributed by atoms with Crippen LogP contribution in [0.15, 0.2) is 0 Å². The second-order valence-electron chi connectivity index (χ2n) is 1.69. The predicted molar refractivity (Wildman–Crippen MR) is 33.9 cm³/mol. The van der Waals surface area contributed by atoms with E-state index in [9.17, 15) is 4.79 Å². The predicted octanol–water partition coefficient (Wildman–Crippen LogP) is 0.896. The first-order chi connectivity index (χ1) is 5.08. The zero-order valence-electron chi connectivity index (χ0n) is 6.36. The van der Waals surface area contributed by atoms with E-state index in [1.807, 2.05) is 6.92 Å². The van der Waals surface area contributed by atoms with Gasteiger partial charge in [0, 0.05) is 0 Å². The summed E-state index contributed by atoms with van der Waals surface area (Å²) >= 11 is 0. The van der Waals surface area contributed by atoms with Crippen molar-refractivity contribution >= 4 is 12.3 Å². The van der Waals surface area contributed by atoms with Gasteiger partial charge >= 0.3 is 12.3 Å². The molecule has 1 N–H and O–H groups in total. The average molecular weight is 162 g/mol. The van der Waals surface area contributed by atoms with Gasteiger partial charge in [-0.2, -0.15) is 9.59 Å². The normalized spacial score (nSPS) is 10.0. The van der Waals surface area contributed by atoms with Crippen molar-refractivity contribution in [1.29, 1.82) is 0 Å². The fraction of sp³-hybridized carbons (Fsp3) is 0.667. The van der Waals surface area contributed by atoms with Crippen LogP contribution in [0.5, 0.6) is 0 Å². The second kappa shape index (κ2) is 8.65. The van der Waals surface area contributed by atoms with Crippen molar-refractivity contribution in [3.05, 3.63) is 0 Å². The highest BCUT2D eigenvalue weighted by Crippen LogP contribution is 1.94. The first kappa shape index (κ1) is 12.3. The fourth-order valence-electron chi connectivity index (χ4n) is 0.255. The van der Waals surface area contributed by atoms with E-state index in [1.165, 1.54) is 0 Å². The van der Waals surface area contributed by atoms with Crippen LogP contribution in [0.4, 0.5) is 4.79 Å². The summed E-state index contributed by atoms with van der Waals surface area (Å²) in [6.45, 7) is 3.59. The van der Waals surface area contributed by atoms with Gasteiger partial charge in [-0.25, -0.2) is 4.79 Å². The molecule has 11 heavy (non-hydrogen) atoms. The lowest BCUT2D eigenvalue weighted by molar-refractivity contribution is -0.191. The van der Waals surface area contributed by atoms with E-state index in [1.54, 1.807) is 6.92 Å². The third-order valence-corrected chi connectivity index (χ3v) is 0.877. The maximum atomic E-state index is 9.75. The summed E-state index contributed by atoms with van der Waals surface area (Å²) in [5.41, 5.74) is 0. The highest BCUT2D eigenvalue weighted by molar-refractivity contribution is 5.56. The van der Waals surface area contributed by atoms with Gasteiger partial charge in [-0.15, -0.1) is 0 Å². The van der Waals surface area contributed by atoms with E-state index < -0.39 is 6.16 Å². The Bertz CT molecular complexity index is 136. The summed E-state index contributed by atoms with van der Waals surface area (Å²) in [5.74, 6) is 0.